The van der Waals surface area contributed by atoms with Gasteiger partial charge in [0.1, 0.15) is 11.9 Å². The molecule has 0 spiro atoms. The lowest BCUT2D eigenvalue weighted by molar-refractivity contribution is -0.123. The topological polar surface area (TPSA) is 67.9 Å². The number of likely N-dealkylation sites (N-methyl/N-ethyl adjacent to an activating group) is 1. The van der Waals surface area contributed by atoms with Crippen molar-refractivity contribution in [1.29, 1.82) is 0 Å². The standard InChI is InChI=1S/C13H16N2O4/c1-15-8-11(19-13(15)17)7-14-12(16)9-18-10-5-3-2-4-6-10/h2-6,11H,7-9H2,1H3,(H,14,16). The lowest BCUT2D eigenvalue weighted by atomic mass is 10.3. The maximum atomic E-state index is 11.5. The number of ether oxygens (including phenoxy) is 2. The Morgan fingerprint density at radius 3 is 2.84 bits per heavy atom. The van der Waals surface area contributed by atoms with Crippen LogP contribution in [0.2, 0.25) is 0 Å². The molecule has 1 N–H and O–H groups in total. The zero-order chi connectivity index (χ0) is 13.7. The van der Waals surface area contributed by atoms with Gasteiger partial charge < -0.3 is 19.7 Å². The molecule has 0 aromatic heterocycles. The highest BCUT2D eigenvalue weighted by Gasteiger charge is 2.28. The molecular weight excluding hydrogens is 248 g/mol. The smallest absolute Gasteiger partial charge is 0.410 e. The van der Waals surface area contributed by atoms with Crippen molar-refractivity contribution in [3.05, 3.63) is 30.3 Å². The van der Waals surface area contributed by atoms with Crippen LogP contribution in [0.3, 0.4) is 0 Å². The monoisotopic (exact) mass is 264 g/mol. The molecule has 19 heavy (non-hydrogen) atoms. The Hall–Kier alpha value is -2.24. The van der Waals surface area contributed by atoms with Crippen molar-refractivity contribution in [3.63, 3.8) is 0 Å². The minimum Gasteiger partial charge on any atom is -0.484 e. The van der Waals surface area contributed by atoms with Crippen LogP contribution < -0.4 is 10.1 Å². The first-order chi connectivity index (χ1) is 9.15. The van der Waals surface area contributed by atoms with Crippen molar-refractivity contribution >= 4 is 12.0 Å². The third-order valence-corrected chi connectivity index (χ3v) is 2.70. The maximum absolute atomic E-state index is 11.5. The van der Waals surface area contributed by atoms with Crippen molar-refractivity contribution in [1.82, 2.24) is 10.2 Å². The first-order valence-electron chi connectivity index (χ1n) is 6.01. The van der Waals surface area contributed by atoms with Gasteiger partial charge in [0.2, 0.25) is 0 Å². The van der Waals surface area contributed by atoms with E-state index in [4.69, 9.17) is 9.47 Å². The summed E-state index contributed by atoms with van der Waals surface area (Å²) in [5, 5.41) is 2.67. The van der Waals surface area contributed by atoms with Gasteiger partial charge in [0.05, 0.1) is 13.1 Å². The van der Waals surface area contributed by atoms with Crippen LogP contribution in [0.5, 0.6) is 5.75 Å². The Bertz CT molecular complexity index is 449. The van der Waals surface area contributed by atoms with E-state index in [0.717, 1.165) is 0 Å². The summed E-state index contributed by atoms with van der Waals surface area (Å²) in [7, 11) is 1.66. The third kappa shape index (κ3) is 3.87. The van der Waals surface area contributed by atoms with Gasteiger partial charge in [-0.15, -0.1) is 0 Å². The number of rotatable bonds is 5. The fraction of sp³-hybridized carbons (Fsp3) is 0.385. The lowest BCUT2D eigenvalue weighted by Crippen LogP contribution is -2.36. The van der Waals surface area contributed by atoms with E-state index in [2.05, 4.69) is 5.32 Å². The van der Waals surface area contributed by atoms with Gasteiger partial charge in [0.25, 0.3) is 5.91 Å². The number of amides is 2. The average molecular weight is 264 g/mol. The average Bonchev–Trinajstić information content (AvgIpc) is 2.74. The quantitative estimate of drug-likeness (QED) is 0.847. The van der Waals surface area contributed by atoms with Crippen molar-refractivity contribution in [2.75, 3.05) is 26.7 Å². The van der Waals surface area contributed by atoms with Crippen LogP contribution in [-0.2, 0) is 9.53 Å². The van der Waals surface area contributed by atoms with Crippen molar-refractivity contribution in [3.8, 4) is 5.75 Å². The Balaban J connectivity index is 1.67. The molecule has 1 heterocycles. The number of nitrogens with zero attached hydrogens (tertiary/aromatic N) is 1. The van der Waals surface area contributed by atoms with Crippen molar-refractivity contribution in [2.24, 2.45) is 0 Å². The summed E-state index contributed by atoms with van der Waals surface area (Å²) in [6.45, 7) is 0.728. The van der Waals surface area contributed by atoms with Crippen LogP contribution in [0.15, 0.2) is 30.3 Å². The van der Waals surface area contributed by atoms with E-state index in [1.54, 1.807) is 19.2 Å². The molecule has 6 nitrogen and oxygen atoms in total. The van der Waals surface area contributed by atoms with Gasteiger partial charge in [0, 0.05) is 7.05 Å². The number of nitrogens with one attached hydrogen (secondary N) is 1. The molecule has 1 saturated heterocycles. The fourth-order valence-corrected chi connectivity index (χ4v) is 1.70. The molecule has 0 bridgehead atoms. The first-order valence-corrected chi connectivity index (χ1v) is 6.01. The van der Waals surface area contributed by atoms with Gasteiger partial charge in [-0.1, -0.05) is 18.2 Å². The van der Waals surface area contributed by atoms with Crippen LogP contribution in [-0.4, -0.2) is 49.7 Å². The second-order valence-electron chi connectivity index (χ2n) is 4.29. The summed E-state index contributed by atoms with van der Waals surface area (Å²) in [4.78, 5) is 24.1. The molecule has 6 heteroatoms. The van der Waals surface area contributed by atoms with Gasteiger partial charge in [-0.05, 0) is 12.1 Å². The molecule has 0 radical (unpaired) electrons. The third-order valence-electron chi connectivity index (χ3n) is 2.70. The minimum absolute atomic E-state index is 0.0550. The summed E-state index contributed by atoms with van der Waals surface area (Å²) in [5.41, 5.74) is 0. The van der Waals surface area contributed by atoms with Gasteiger partial charge in [-0.2, -0.15) is 0 Å². The van der Waals surface area contributed by atoms with Crippen LogP contribution in [0.25, 0.3) is 0 Å². The lowest BCUT2D eigenvalue weighted by Gasteiger charge is -2.10. The van der Waals surface area contributed by atoms with E-state index in [9.17, 15) is 9.59 Å². The second kappa shape index (κ2) is 6.08. The molecule has 1 unspecified atom stereocenters. The second-order valence-corrected chi connectivity index (χ2v) is 4.29. The number of benzene rings is 1. The van der Waals surface area contributed by atoms with Gasteiger partial charge in [-0.25, -0.2) is 4.79 Å². The highest BCUT2D eigenvalue weighted by atomic mass is 16.6. The summed E-state index contributed by atoms with van der Waals surface area (Å²) >= 11 is 0. The van der Waals surface area contributed by atoms with E-state index in [1.165, 1.54) is 4.90 Å². The molecular formula is C13H16N2O4. The largest absolute Gasteiger partial charge is 0.484 e. The van der Waals surface area contributed by atoms with Crippen LogP contribution >= 0.6 is 0 Å². The number of para-hydroxylation sites is 1. The first kappa shape index (κ1) is 13.2. The zero-order valence-electron chi connectivity index (χ0n) is 10.7. The van der Waals surface area contributed by atoms with Gasteiger partial charge >= 0.3 is 6.09 Å². The van der Waals surface area contributed by atoms with Crippen LogP contribution in [0.4, 0.5) is 4.79 Å². The Morgan fingerprint density at radius 1 is 1.47 bits per heavy atom. The summed E-state index contributed by atoms with van der Waals surface area (Å²) in [5.74, 6) is 0.402. The van der Waals surface area contributed by atoms with E-state index >= 15 is 0 Å². The molecule has 1 atom stereocenters. The molecule has 1 aromatic rings. The van der Waals surface area contributed by atoms with E-state index < -0.39 is 0 Å². The van der Waals surface area contributed by atoms with Crippen molar-refractivity contribution < 1.29 is 19.1 Å². The Kier molecular flexibility index (Phi) is 4.22. The molecule has 0 saturated carbocycles. The molecule has 2 amide bonds. The molecule has 1 aliphatic rings. The number of carbonyl (C=O) groups is 2. The molecule has 1 fully saturated rings. The molecule has 0 aliphatic carbocycles. The predicted octanol–water partition coefficient (Wildman–Crippen LogP) is 0.632. The number of hydrogen-bond donors (Lipinski definition) is 1. The summed E-state index contributed by atoms with van der Waals surface area (Å²) < 4.78 is 10.3. The van der Waals surface area contributed by atoms with E-state index in [-0.39, 0.29) is 24.7 Å². The van der Waals surface area contributed by atoms with Crippen LogP contribution in [0, 0.1) is 0 Å². The fourth-order valence-electron chi connectivity index (χ4n) is 1.70. The Morgan fingerprint density at radius 2 is 2.21 bits per heavy atom. The highest BCUT2D eigenvalue weighted by Crippen LogP contribution is 2.08. The maximum Gasteiger partial charge on any atom is 0.410 e. The van der Waals surface area contributed by atoms with Crippen molar-refractivity contribution in [2.45, 2.75) is 6.10 Å². The molecule has 1 aromatic carbocycles. The molecule has 1 aliphatic heterocycles. The molecule has 2 rings (SSSR count). The van der Waals surface area contributed by atoms with Gasteiger partial charge in [0.15, 0.2) is 6.61 Å². The Labute approximate surface area is 111 Å². The van der Waals surface area contributed by atoms with E-state index in [0.29, 0.717) is 18.8 Å². The SMILES string of the molecule is CN1CC(CNC(=O)COc2ccccc2)OC1=O. The normalized spacial score (nSPS) is 18.1. The molecule has 102 valence electrons. The summed E-state index contributed by atoms with van der Waals surface area (Å²) in [6, 6.07) is 9.10. The van der Waals surface area contributed by atoms with Gasteiger partial charge in [-0.3, -0.25) is 4.79 Å². The van der Waals surface area contributed by atoms with Crippen LogP contribution in [0.1, 0.15) is 0 Å². The number of cyclic esters (lactones) is 1. The predicted molar refractivity (Wildman–Crippen MR) is 67.8 cm³/mol. The highest BCUT2D eigenvalue weighted by molar-refractivity contribution is 5.77. The van der Waals surface area contributed by atoms with E-state index in [1.807, 2.05) is 18.2 Å². The minimum atomic E-state index is -0.361. The zero-order valence-corrected chi connectivity index (χ0v) is 10.7. The summed E-state index contributed by atoms with van der Waals surface area (Å²) in [6.07, 6.45) is -0.655. The number of hydrogen-bond acceptors (Lipinski definition) is 4. The number of carbonyl (C=O) groups excluding carboxylic acids is 2.